The Bertz CT molecular complexity index is 1010. The number of nitrogens with zero attached hydrogens (tertiary/aromatic N) is 2. The van der Waals surface area contributed by atoms with Crippen molar-refractivity contribution in [2.75, 3.05) is 0 Å². The quantitative estimate of drug-likeness (QED) is 0.740. The summed E-state index contributed by atoms with van der Waals surface area (Å²) in [7, 11) is 0. The summed E-state index contributed by atoms with van der Waals surface area (Å²) in [6.07, 6.45) is 2.41. The molecule has 0 spiro atoms. The van der Waals surface area contributed by atoms with Crippen molar-refractivity contribution in [2.45, 2.75) is 6.54 Å². The van der Waals surface area contributed by atoms with Gasteiger partial charge in [-0.15, -0.1) is 0 Å². The second kappa shape index (κ2) is 6.12. The van der Waals surface area contributed by atoms with Gasteiger partial charge in [-0.05, 0) is 24.3 Å². The van der Waals surface area contributed by atoms with E-state index in [1.807, 2.05) is 0 Å². The molecule has 0 unspecified atom stereocenters. The van der Waals surface area contributed by atoms with E-state index in [1.54, 1.807) is 0 Å². The van der Waals surface area contributed by atoms with Gasteiger partial charge in [-0.25, -0.2) is 13.6 Å². The first-order chi connectivity index (χ1) is 11.4. The molecular weight excluding hydrogens is 386 g/mol. The predicted octanol–water partition coefficient (Wildman–Crippen LogP) is 3.18. The molecule has 0 saturated carbocycles. The molecule has 0 aliphatic rings. The van der Waals surface area contributed by atoms with Crippen LogP contribution in [-0.4, -0.2) is 20.6 Å². The molecule has 0 atom stereocenters. The Kier molecular flexibility index (Phi) is 4.15. The van der Waals surface area contributed by atoms with Crippen molar-refractivity contribution < 1.29 is 18.7 Å². The van der Waals surface area contributed by atoms with Crippen LogP contribution in [0.15, 0.2) is 45.9 Å². The summed E-state index contributed by atoms with van der Waals surface area (Å²) in [5.74, 6) is -2.96. The van der Waals surface area contributed by atoms with E-state index in [-0.39, 0.29) is 26.5 Å². The average molecular weight is 395 g/mol. The standard InChI is InChI=1S/C16H9BrF2N2O3/c17-8-4-12(18)10(13(19)5-8)6-21-7-11(16(23)24)14-9(15(21)22)2-1-3-20-14/h1-5,7H,6H2,(H,23,24). The molecule has 2 aromatic heterocycles. The summed E-state index contributed by atoms with van der Waals surface area (Å²) < 4.78 is 29.2. The summed E-state index contributed by atoms with van der Waals surface area (Å²) in [6.45, 7) is -0.436. The lowest BCUT2D eigenvalue weighted by molar-refractivity contribution is 0.0698. The number of hydrogen-bond donors (Lipinski definition) is 1. The molecule has 0 fully saturated rings. The lowest BCUT2D eigenvalue weighted by atomic mass is 10.1. The van der Waals surface area contributed by atoms with Gasteiger partial charge in [0.1, 0.15) is 17.2 Å². The average Bonchev–Trinajstić information content (AvgIpc) is 2.52. The van der Waals surface area contributed by atoms with Crippen LogP contribution in [0.5, 0.6) is 0 Å². The molecule has 0 aliphatic heterocycles. The lowest BCUT2D eigenvalue weighted by Crippen LogP contribution is -2.24. The van der Waals surface area contributed by atoms with Gasteiger partial charge in [-0.3, -0.25) is 9.78 Å². The van der Waals surface area contributed by atoms with Crippen LogP contribution >= 0.6 is 15.9 Å². The van der Waals surface area contributed by atoms with Crippen molar-refractivity contribution in [1.82, 2.24) is 9.55 Å². The second-order valence-electron chi connectivity index (χ2n) is 5.03. The third-order valence-electron chi connectivity index (χ3n) is 3.50. The zero-order valence-electron chi connectivity index (χ0n) is 12.0. The largest absolute Gasteiger partial charge is 0.478 e. The van der Waals surface area contributed by atoms with Crippen LogP contribution in [-0.2, 0) is 6.54 Å². The number of rotatable bonds is 3. The van der Waals surface area contributed by atoms with E-state index in [1.165, 1.54) is 18.3 Å². The van der Waals surface area contributed by atoms with Crippen LogP contribution in [0.4, 0.5) is 8.78 Å². The third-order valence-corrected chi connectivity index (χ3v) is 3.96. The van der Waals surface area contributed by atoms with Crippen molar-refractivity contribution in [3.05, 3.63) is 74.2 Å². The van der Waals surface area contributed by atoms with E-state index in [0.29, 0.717) is 0 Å². The van der Waals surface area contributed by atoms with E-state index in [9.17, 15) is 23.5 Å². The zero-order valence-corrected chi connectivity index (χ0v) is 13.5. The molecule has 0 bridgehead atoms. The fraction of sp³-hybridized carbons (Fsp3) is 0.0625. The number of halogens is 3. The fourth-order valence-electron chi connectivity index (χ4n) is 2.39. The summed E-state index contributed by atoms with van der Waals surface area (Å²) in [6, 6.07) is 5.05. The van der Waals surface area contributed by atoms with Gasteiger partial charge >= 0.3 is 5.97 Å². The van der Waals surface area contributed by atoms with Crippen LogP contribution in [0.3, 0.4) is 0 Å². The molecule has 0 radical (unpaired) electrons. The first kappa shape index (κ1) is 16.3. The minimum atomic E-state index is -1.29. The number of aromatic carboxylic acids is 1. The summed E-state index contributed by atoms with van der Waals surface area (Å²) in [5, 5.41) is 9.37. The number of carboxylic acids is 1. The van der Waals surface area contributed by atoms with Gasteiger partial charge in [0, 0.05) is 22.4 Å². The van der Waals surface area contributed by atoms with Crippen molar-refractivity contribution in [3.8, 4) is 0 Å². The van der Waals surface area contributed by atoms with Crippen LogP contribution < -0.4 is 5.56 Å². The number of carboxylic acid groups (broad SMARTS) is 1. The van der Waals surface area contributed by atoms with Crippen molar-refractivity contribution >= 4 is 32.8 Å². The number of hydrogen-bond acceptors (Lipinski definition) is 3. The predicted molar refractivity (Wildman–Crippen MR) is 86.1 cm³/mol. The van der Waals surface area contributed by atoms with Crippen LogP contribution in [0.25, 0.3) is 10.9 Å². The Labute approximate surface area is 142 Å². The fourth-order valence-corrected chi connectivity index (χ4v) is 2.79. The zero-order chi connectivity index (χ0) is 17.4. The molecule has 24 heavy (non-hydrogen) atoms. The molecule has 122 valence electrons. The van der Waals surface area contributed by atoms with Gasteiger partial charge in [0.25, 0.3) is 5.56 Å². The second-order valence-corrected chi connectivity index (χ2v) is 5.94. The number of benzene rings is 1. The minimum absolute atomic E-state index is 0.0306. The molecule has 3 rings (SSSR count). The van der Waals surface area contributed by atoms with E-state index in [4.69, 9.17) is 0 Å². The van der Waals surface area contributed by atoms with Gasteiger partial charge in [-0.1, -0.05) is 15.9 Å². The Morgan fingerprint density at radius 1 is 1.29 bits per heavy atom. The topological polar surface area (TPSA) is 72.2 Å². The number of carbonyl (C=O) groups is 1. The Balaban J connectivity index is 2.23. The van der Waals surface area contributed by atoms with Crippen molar-refractivity contribution in [2.24, 2.45) is 0 Å². The summed E-state index contributed by atoms with van der Waals surface area (Å²) in [4.78, 5) is 27.8. The number of pyridine rings is 2. The Morgan fingerprint density at radius 3 is 2.58 bits per heavy atom. The molecule has 0 aliphatic carbocycles. The minimum Gasteiger partial charge on any atom is -0.478 e. The van der Waals surface area contributed by atoms with E-state index in [2.05, 4.69) is 20.9 Å². The van der Waals surface area contributed by atoms with Gasteiger partial charge < -0.3 is 9.67 Å². The van der Waals surface area contributed by atoms with Crippen LogP contribution in [0.1, 0.15) is 15.9 Å². The highest BCUT2D eigenvalue weighted by molar-refractivity contribution is 9.10. The van der Waals surface area contributed by atoms with Gasteiger partial charge in [0.2, 0.25) is 0 Å². The van der Waals surface area contributed by atoms with Crippen LogP contribution in [0.2, 0.25) is 0 Å². The maximum atomic E-state index is 14.0. The molecule has 1 aromatic carbocycles. The van der Waals surface area contributed by atoms with Crippen molar-refractivity contribution in [3.63, 3.8) is 0 Å². The number of fused-ring (bicyclic) bond motifs is 1. The molecule has 0 saturated heterocycles. The van der Waals surface area contributed by atoms with Gasteiger partial charge in [-0.2, -0.15) is 0 Å². The molecule has 3 aromatic rings. The Morgan fingerprint density at radius 2 is 1.96 bits per heavy atom. The maximum Gasteiger partial charge on any atom is 0.339 e. The Hall–Kier alpha value is -2.61. The van der Waals surface area contributed by atoms with E-state index < -0.39 is 29.7 Å². The normalized spacial score (nSPS) is 11.0. The van der Waals surface area contributed by atoms with Crippen LogP contribution in [0, 0.1) is 11.6 Å². The molecule has 5 nitrogen and oxygen atoms in total. The highest BCUT2D eigenvalue weighted by Crippen LogP contribution is 2.21. The highest BCUT2D eigenvalue weighted by Gasteiger charge is 2.17. The van der Waals surface area contributed by atoms with Crippen molar-refractivity contribution in [1.29, 1.82) is 0 Å². The first-order valence-corrected chi connectivity index (χ1v) is 7.52. The number of aromatic nitrogens is 2. The molecule has 0 amide bonds. The third kappa shape index (κ3) is 2.80. The molecular formula is C16H9BrF2N2O3. The maximum absolute atomic E-state index is 14.0. The molecule has 8 heteroatoms. The summed E-state index contributed by atoms with van der Waals surface area (Å²) in [5.41, 5.74) is -1.10. The summed E-state index contributed by atoms with van der Waals surface area (Å²) >= 11 is 2.98. The van der Waals surface area contributed by atoms with Gasteiger partial charge in [0.15, 0.2) is 0 Å². The molecule has 1 N–H and O–H groups in total. The van der Waals surface area contributed by atoms with Gasteiger partial charge in [0.05, 0.1) is 17.4 Å². The highest BCUT2D eigenvalue weighted by atomic mass is 79.9. The first-order valence-electron chi connectivity index (χ1n) is 6.73. The molecule has 2 heterocycles. The monoisotopic (exact) mass is 394 g/mol. The van der Waals surface area contributed by atoms with E-state index in [0.717, 1.165) is 22.9 Å². The van der Waals surface area contributed by atoms with E-state index >= 15 is 0 Å². The lowest BCUT2D eigenvalue weighted by Gasteiger charge is -2.11. The smallest absolute Gasteiger partial charge is 0.339 e. The SMILES string of the molecule is O=C(O)c1cn(Cc2c(F)cc(Br)cc2F)c(=O)c2cccnc12.